The predicted molar refractivity (Wildman–Crippen MR) is 120 cm³/mol. The number of hydrogen-bond donors (Lipinski definition) is 2. The highest BCUT2D eigenvalue weighted by molar-refractivity contribution is 5.99. The van der Waals surface area contributed by atoms with Crippen molar-refractivity contribution in [1.29, 1.82) is 0 Å². The van der Waals surface area contributed by atoms with Gasteiger partial charge in [0.25, 0.3) is 11.8 Å². The smallest absolute Gasteiger partial charge is 0.272 e. The number of carbonyl (C=O) groups excluding carboxylic acids is 2. The molecule has 0 aliphatic heterocycles. The van der Waals surface area contributed by atoms with Crippen LogP contribution >= 0.6 is 0 Å². The summed E-state index contributed by atoms with van der Waals surface area (Å²) in [7, 11) is 1.51. The average Bonchev–Trinajstić information content (AvgIpc) is 2.83. The molecule has 166 valence electrons. The van der Waals surface area contributed by atoms with Crippen molar-refractivity contribution in [2.24, 2.45) is 5.92 Å². The Morgan fingerprint density at radius 1 is 0.906 bits per heavy atom. The van der Waals surface area contributed by atoms with E-state index in [9.17, 15) is 9.59 Å². The van der Waals surface area contributed by atoms with Crippen LogP contribution in [0.3, 0.4) is 0 Å². The van der Waals surface area contributed by atoms with Crippen LogP contribution in [0.25, 0.3) is 11.4 Å². The van der Waals surface area contributed by atoms with Crippen molar-refractivity contribution in [2.75, 3.05) is 13.7 Å². The van der Waals surface area contributed by atoms with Gasteiger partial charge in [0.05, 0.1) is 19.3 Å². The number of ether oxygens (including phenoxy) is 2. The Kier molecular flexibility index (Phi) is 7.75. The second-order valence-electron chi connectivity index (χ2n) is 7.47. The van der Waals surface area contributed by atoms with Crippen molar-refractivity contribution in [3.63, 3.8) is 0 Å². The molecule has 0 saturated carbocycles. The minimum atomic E-state index is -0.529. The van der Waals surface area contributed by atoms with Gasteiger partial charge in [-0.05, 0) is 30.5 Å². The number of amides is 2. The Morgan fingerprint density at radius 2 is 1.56 bits per heavy atom. The number of nitrogens with one attached hydrogen (secondary N) is 2. The van der Waals surface area contributed by atoms with Crippen molar-refractivity contribution < 1.29 is 19.1 Å². The Balaban J connectivity index is 1.58. The molecule has 1 heterocycles. The Hall–Kier alpha value is -3.94. The zero-order valence-electron chi connectivity index (χ0n) is 18.3. The van der Waals surface area contributed by atoms with Gasteiger partial charge in [-0.15, -0.1) is 0 Å². The molecule has 0 aliphatic rings. The van der Waals surface area contributed by atoms with E-state index in [-0.39, 0.29) is 5.56 Å². The Morgan fingerprint density at radius 3 is 2.19 bits per heavy atom. The third kappa shape index (κ3) is 6.04. The van der Waals surface area contributed by atoms with Crippen molar-refractivity contribution in [3.8, 4) is 22.9 Å². The van der Waals surface area contributed by atoms with Gasteiger partial charge in [0.2, 0.25) is 0 Å². The molecule has 0 saturated heterocycles. The first kappa shape index (κ1) is 22.7. The molecule has 2 amide bonds. The molecule has 0 unspecified atom stereocenters. The van der Waals surface area contributed by atoms with E-state index in [0.29, 0.717) is 35.4 Å². The number of benzene rings is 2. The van der Waals surface area contributed by atoms with E-state index in [1.54, 1.807) is 18.2 Å². The van der Waals surface area contributed by atoms with E-state index < -0.39 is 11.8 Å². The van der Waals surface area contributed by atoms with E-state index in [2.05, 4.69) is 34.7 Å². The fraction of sp³-hybridized carbons (Fsp3) is 0.250. The first-order valence-electron chi connectivity index (χ1n) is 10.3. The lowest BCUT2D eigenvalue weighted by Gasteiger charge is -2.13. The van der Waals surface area contributed by atoms with Crippen LogP contribution in [0.5, 0.6) is 11.5 Å². The zero-order chi connectivity index (χ0) is 22.9. The first-order chi connectivity index (χ1) is 15.5. The number of rotatable bonds is 8. The van der Waals surface area contributed by atoms with Gasteiger partial charge in [-0.3, -0.25) is 20.4 Å². The number of aromatic nitrogens is 2. The van der Waals surface area contributed by atoms with Crippen LogP contribution < -0.4 is 20.3 Å². The number of hydrazine groups is 1. The van der Waals surface area contributed by atoms with Crippen LogP contribution in [0.1, 0.15) is 41.0 Å². The van der Waals surface area contributed by atoms with Crippen LogP contribution in [0.4, 0.5) is 0 Å². The van der Waals surface area contributed by atoms with E-state index in [0.717, 1.165) is 12.0 Å². The summed E-state index contributed by atoms with van der Waals surface area (Å²) in [5.41, 5.74) is 6.13. The van der Waals surface area contributed by atoms with E-state index in [1.807, 2.05) is 30.3 Å². The summed E-state index contributed by atoms with van der Waals surface area (Å²) in [6.07, 6.45) is 3.72. The van der Waals surface area contributed by atoms with Crippen LogP contribution in [-0.2, 0) is 0 Å². The highest BCUT2D eigenvalue weighted by Gasteiger charge is 2.14. The monoisotopic (exact) mass is 434 g/mol. The predicted octanol–water partition coefficient (Wildman–Crippen LogP) is 3.65. The molecule has 3 rings (SSSR count). The van der Waals surface area contributed by atoms with Gasteiger partial charge in [-0.1, -0.05) is 44.2 Å². The van der Waals surface area contributed by atoms with E-state index in [1.165, 1.54) is 19.5 Å². The number of methoxy groups -OCH3 is 1. The summed E-state index contributed by atoms with van der Waals surface area (Å²) in [4.78, 5) is 33.2. The molecule has 2 aromatic carbocycles. The topological polar surface area (TPSA) is 102 Å². The van der Waals surface area contributed by atoms with Crippen molar-refractivity contribution in [2.45, 2.75) is 20.3 Å². The first-order valence-corrected chi connectivity index (χ1v) is 10.3. The molecule has 0 spiro atoms. The molecular formula is C24H26N4O4. The maximum Gasteiger partial charge on any atom is 0.272 e. The van der Waals surface area contributed by atoms with Gasteiger partial charge in [-0.25, -0.2) is 9.97 Å². The van der Waals surface area contributed by atoms with Gasteiger partial charge in [-0.2, -0.15) is 0 Å². The van der Waals surface area contributed by atoms with Crippen molar-refractivity contribution >= 4 is 11.8 Å². The largest absolute Gasteiger partial charge is 0.493 e. The summed E-state index contributed by atoms with van der Waals surface area (Å²) in [6.45, 7) is 4.79. The standard InChI is InChI=1S/C24H26N4O4/c1-16(2)11-12-32-20-10-9-18(13-21(20)31-3)23(29)27-28-24(30)19-14-25-22(26-15-19)17-7-5-4-6-8-17/h4-10,13-16H,11-12H2,1-3H3,(H,27,29)(H,28,30). The number of hydrogen-bond acceptors (Lipinski definition) is 6. The molecule has 2 N–H and O–H groups in total. The average molecular weight is 434 g/mol. The third-order valence-electron chi connectivity index (χ3n) is 4.61. The SMILES string of the molecule is COc1cc(C(=O)NNC(=O)c2cnc(-c3ccccc3)nc2)ccc1OCCC(C)C. The van der Waals surface area contributed by atoms with Crippen molar-refractivity contribution in [1.82, 2.24) is 20.8 Å². The fourth-order valence-corrected chi connectivity index (χ4v) is 2.77. The molecule has 32 heavy (non-hydrogen) atoms. The van der Waals surface area contributed by atoms with Gasteiger partial charge < -0.3 is 9.47 Å². The summed E-state index contributed by atoms with van der Waals surface area (Å²) >= 11 is 0. The van der Waals surface area contributed by atoms with Gasteiger partial charge in [0.1, 0.15) is 0 Å². The lowest BCUT2D eigenvalue weighted by molar-refractivity contribution is 0.0846. The lowest BCUT2D eigenvalue weighted by atomic mass is 10.1. The molecule has 0 bridgehead atoms. The maximum absolute atomic E-state index is 12.4. The second kappa shape index (κ2) is 10.9. The number of carbonyl (C=O) groups is 2. The van der Waals surface area contributed by atoms with E-state index >= 15 is 0 Å². The normalized spacial score (nSPS) is 10.5. The van der Waals surface area contributed by atoms with Gasteiger partial charge in [0, 0.05) is 23.5 Å². The summed E-state index contributed by atoms with van der Waals surface area (Å²) < 4.78 is 11.1. The number of nitrogens with zero attached hydrogens (tertiary/aromatic N) is 2. The molecule has 8 heteroatoms. The van der Waals surface area contributed by atoms with Crippen LogP contribution in [0.15, 0.2) is 60.9 Å². The molecule has 0 radical (unpaired) electrons. The Labute approximate surface area is 187 Å². The maximum atomic E-state index is 12.4. The van der Waals surface area contributed by atoms with Crippen LogP contribution in [-0.4, -0.2) is 35.5 Å². The third-order valence-corrected chi connectivity index (χ3v) is 4.61. The molecule has 1 aromatic heterocycles. The molecule has 0 atom stereocenters. The molecular weight excluding hydrogens is 408 g/mol. The summed E-state index contributed by atoms with van der Waals surface area (Å²) in [6, 6.07) is 14.3. The van der Waals surface area contributed by atoms with Crippen molar-refractivity contribution in [3.05, 3.63) is 72.1 Å². The summed E-state index contributed by atoms with van der Waals surface area (Å²) in [5.74, 6) is 1.01. The minimum Gasteiger partial charge on any atom is -0.493 e. The second-order valence-corrected chi connectivity index (χ2v) is 7.47. The fourth-order valence-electron chi connectivity index (χ4n) is 2.77. The highest BCUT2D eigenvalue weighted by atomic mass is 16.5. The molecule has 3 aromatic rings. The van der Waals surface area contributed by atoms with Crippen LogP contribution in [0, 0.1) is 5.92 Å². The molecule has 0 aliphatic carbocycles. The van der Waals surface area contributed by atoms with Crippen LogP contribution in [0.2, 0.25) is 0 Å². The van der Waals surface area contributed by atoms with Gasteiger partial charge in [0.15, 0.2) is 17.3 Å². The Bertz CT molecular complexity index is 1050. The minimum absolute atomic E-state index is 0.219. The molecule has 0 fully saturated rings. The highest BCUT2D eigenvalue weighted by Crippen LogP contribution is 2.28. The lowest BCUT2D eigenvalue weighted by Crippen LogP contribution is -2.41. The van der Waals surface area contributed by atoms with E-state index in [4.69, 9.17) is 9.47 Å². The quantitative estimate of drug-likeness (QED) is 0.525. The van der Waals surface area contributed by atoms with Gasteiger partial charge >= 0.3 is 0 Å². The summed E-state index contributed by atoms with van der Waals surface area (Å²) in [5, 5.41) is 0. The molecule has 8 nitrogen and oxygen atoms in total. The zero-order valence-corrected chi connectivity index (χ0v) is 18.3.